The second-order valence-corrected chi connectivity index (χ2v) is 3.85. The van der Waals surface area contributed by atoms with E-state index >= 15 is 0 Å². The molecule has 1 heterocycles. The van der Waals surface area contributed by atoms with Crippen LogP contribution >= 0.6 is 11.6 Å². The van der Waals surface area contributed by atoms with Crippen LogP contribution in [0, 0.1) is 6.92 Å². The fourth-order valence-corrected chi connectivity index (χ4v) is 1.55. The summed E-state index contributed by atoms with van der Waals surface area (Å²) in [4.78, 5) is 11.2. The lowest BCUT2D eigenvalue weighted by molar-refractivity contribution is 0.446. The number of hydrogen-bond donors (Lipinski definition) is 1. The second kappa shape index (κ2) is 4.02. The molecule has 1 aromatic carbocycles. The molecule has 0 aliphatic rings. The molecule has 0 bridgehead atoms. The highest BCUT2D eigenvalue weighted by atomic mass is 35.5. The Balaban J connectivity index is 2.64. The van der Waals surface area contributed by atoms with Gasteiger partial charge in [0.2, 0.25) is 0 Å². The molecule has 2 rings (SSSR count). The van der Waals surface area contributed by atoms with E-state index in [9.17, 15) is 9.90 Å². The molecule has 0 saturated heterocycles. The van der Waals surface area contributed by atoms with Gasteiger partial charge in [0.25, 0.3) is 0 Å². The molecule has 0 saturated carbocycles. The SMILES string of the molecule is Cc1c(O)cc(=O)oc1-c1ccc(Cl)cc1. The lowest BCUT2D eigenvalue weighted by atomic mass is 10.1. The largest absolute Gasteiger partial charge is 0.507 e. The molecule has 2 aromatic rings. The summed E-state index contributed by atoms with van der Waals surface area (Å²) in [5, 5.41) is 10.1. The zero-order valence-electron chi connectivity index (χ0n) is 8.53. The summed E-state index contributed by atoms with van der Waals surface area (Å²) in [6.45, 7) is 1.68. The van der Waals surface area contributed by atoms with E-state index in [1.165, 1.54) is 0 Å². The van der Waals surface area contributed by atoms with Crippen LogP contribution in [0.25, 0.3) is 11.3 Å². The van der Waals surface area contributed by atoms with Gasteiger partial charge in [-0.25, -0.2) is 4.79 Å². The van der Waals surface area contributed by atoms with Crippen LogP contribution in [0.3, 0.4) is 0 Å². The third-order valence-corrected chi connectivity index (χ3v) is 2.54. The summed E-state index contributed by atoms with van der Waals surface area (Å²) in [7, 11) is 0. The molecule has 0 radical (unpaired) electrons. The maximum Gasteiger partial charge on any atom is 0.339 e. The van der Waals surface area contributed by atoms with Crippen molar-refractivity contribution in [3.63, 3.8) is 0 Å². The molecule has 0 spiro atoms. The van der Waals surface area contributed by atoms with Crippen LogP contribution in [0.2, 0.25) is 5.02 Å². The van der Waals surface area contributed by atoms with Gasteiger partial charge in [0, 0.05) is 16.1 Å². The molecule has 0 aliphatic carbocycles. The van der Waals surface area contributed by atoms with Gasteiger partial charge in [0.15, 0.2) is 0 Å². The van der Waals surface area contributed by atoms with Crippen molar-refractivity contribution in [2.75, 3.05) is 0 Å². The third kappa shape index (κ3) is 1.95. The van der Waals surface area contributed by atoms with E-state index in [0.717, 1.165) is 6.07 Å². The minimum Gasteiger partial charge on any atom is -0.507 e. The normalized spacial score (nSPS) is 10.4. The summed E-state index contributed by atoms with van der Waals surface area (Å²) < 4.78 is 5.06. The average Bonchev–Trinajstić information content (AvgIpc) is 2.25. The molecular weight excluding hydrogens is 228 g/mol. The summed E-state index contributed by atoms with van der Waals surface area (Å²) in [6, 6.07) is 7.90. The summed E-state index contributed by atoms with van der Waals surface area (Å²) >= 11 is 5.76. The minimum absolute atomic E-state index is 0.0683. The Hall–Kier alpha value is -1.74. The first-order chi connectivity index (χ1) is 7.58. The van der Waals surface area contributed by atoms with Crippen molar-refractivity contribution in [2.24, 2.45) is 0 Å². The molecule has 16 heavy (non-hydrogen) atoms. The zero-order valence-corrected chi connectivity index (χ0v) is 9.28. The van der Waals surface area contributed by atoms with Gasteiger partial charge < -0.3 is 9.52 Å². The zero-order chi connectivity index (χ0) is 11.7. The van der Waals surface area contributed by atoms with Crippen molar-refractivity contribution in [3.05, 3.63) is 51.3 Å². The van der Waals surface area contributed by atoms with Crippen molar-refractivity contribution in [3.8, 4) is 17.1 Å². The first-order valence-electron chi connectivity index (χ1n) is 4.67. The predicted octanol–water partition coefficient (Wildman–Crippen LogP) is 2.97. The van der Waals surface area contributed by atoms with Crippen molar-refractivity contribution >= 4 is 11.6 Å². The molecule has 1 N–H and O–H groups in total. The Kier molecular flexibility index (Phi) is 2.71. The molecule has 1 aromatic heterocycles. The Morgan fingerprint density at radius 3 is 2.50 bits per heavy atom. The van der Waals surface area contributed by atoms with Gasteiger partial charge >= 0.3 is 5.63 Å². The molecule has 0 aliphatic heterocycles. The number of aromatic hydroxyl groups is 1. The Morgan fingerprint density at radius 2 is 1.88 bits per heavy atom. The third-order valence-electron chi connectivity index (χ3n) is 2.29. The lowest BCUT2D eigenvalue weighted by Crippen LogP contribution is -1.99. The van der Waals surface area contributed by atoms with Gasteiger partial charge in [-0.15, -0.1) is 0 Å². The number of rotatable bonds is 1. The number of benzene rings is 1. The van der Waals surface area contributed by atoms with Gasteiger partial charge in [0.05, 0.1) is 6.07 Å². The van der Waals surface area contributed by atoms with Crippen LogP contribution in [0.4, 0.5) is 0 Å². The molecule has 0 amide bonds. The van der Waals surface area contributed by atoms with Crippen LogP contribution in [-0.4, -0.2) is 5.11 Å². The highest BCUT2D eigenvalue weighted by Crippen LogP contribution is 2.28. The number of halogens is 1. The molecule has 0 unspecified atom stereocenters. The minimum atomic E-state index is -0.576. The Labute approximate surface area is 96.9 Å². The van der Waals surface area contributed by atoms with E-state index in [0.29, 0.717) is 21.9 Å². The maximum absolute atomic E-state index is 11.2. The smallest absolute Gasteiger partial charge is 0.339 e. The fourth-order valence-electron chi connectivity index (χ4n) is 1.42. The van der Waals surface area contributed by atoms with Gasteiger partial charge in [-0.3, -0.25) is 0 Å². The van der Waals surface area contributed by atoms with E-state index in [2.05, 4.69) is 0 Å². The maximum atomic E-state index is 11.2. The fraction of sp³-hybridized carbons (Fsp3) is 0.0833. The Bertz CT molecular complexity index is 570. The van der Waals surface area contributed by atoms with Crippen molar-refractivity contribution in [2.45, 2.75) is 6.92 Å². The van der Waals surface area contributed by atoms with Gasteiger partial charge in [-0.05, 0) is 31.2 Å². The van der Waals surface area contributed by atoms with E-state index in [-0.39, 0.29) is 5.75 Å². The topological polar surface area (TPSA) is 50.4 Å². The van der Waals surface area contributed by atoms with E-state index in [1.54, 1.807) is 31.2 Å². The standard InChI is InChI=1S/C12H9ClO3/c1-7-10(14)6-11(15)16-12(7)8-2-4-9(13)5-3-8/h2-6,14H,1H3. The van der Waals surface area contributed by atoms with Crippen LogP contribution in [0.5, 0.6) is 5.75 Å². The van der Waals surface area contributed by atoms with Crippen molar-refractivity contribution in [1.29, 1.82) is 0 Å². The van der Waals surface area contributed by atoms with Gasteiger partial charge in [-0.1, -0.05) is 11.6 Å². The lowest BCUT2D eigenvalue weighted by Gasteiger charge is -2.05. The Morgan fingerprint density at radius 1 is 1.25 bits per heavy atom. The van der Waals surface area contributed by atoms with Crippen molar-refractivity contribution in [1.82, 2.24) is 0 Å². The van der Waals surface area contributed by atoms with Gasteiger partial charge in [0.1, 0.15) is 11.5 Å². The first kappa shape index (κ1) is 10.8. The van der Waals surface area contributed by atoms with Crippen LogP contribution in [0.15, 0.2) is 39.5 Å². The average molecular weight is 237 g/mol. The monoisotopic (exact) mass is 236 g/mol. The van der Waals surface area contributed by atoms with Gasteiger partial charge in [-0.2, -0.15) is 0 Å². The summed E-state index contributed by atoms with van der Waals surface area (Å²) in [5.74, 6) is 0.294. The molecule has 4 heteroatoms. The van der Waals surface area contributed by atoms with Crippen LogP contribution in [-0.2, 0) is 0 Å². The summed E-state index contributed by atoms with van der Waals surface area (Å²) in [6.07, 6.45) is 0. The molecular formula is C12H9ClO3. The first-order valence-corrected chi connectivity index (χ1v) is 5.05. The quantitative estimate of drug-likeness (QED) is 0.828. The summed E-state index contributed by atoms with van der Waals surface area (Å²) in [5.41, 5.74) is 0.657. The van der Waals surface area contributed by atoms with E-state index < -0.39 is 5.63 Å². The molecule has 0 fully saturated rings. The number of hydrogen-bond acceptors (Lipinski definition) is 3. The predicted molar refractivity (Wildman–Crippen MR) is 61.8 cm³/mol. The molecule has 0 atom stereocenters. The highest BCUT2D eigenvalue weighted by molar-refractivity contribution is 6.30. The van der Waals surface area contributed by atoms with E-state index in [1.807, 2.05) is 0 Å². The van der Waals surface area contributed by atoms with E-state index in [4.69, 9.17) is 16.0 Å². The van der Waals surface area contributed by atoms with Crippen LogP contribution < -0.4 is 5.63 Å². The van der Waals surface area contributed by atoms with Crippen LogP contribution in [0.1, 0.15) is 5.56 Å². The second-order valence-electron chi connectivity index (χ2n) is 3.41. The highest BCUT2D eigenvalue weighted by Gasteiger charge is 2.10. The molecule has 82 valence electrons. The molecule has 3 nitrogen and oxygen atoms in total. The van der Waals surface area contributed by atoms with Crippen molar-refractivity contribution < 1.29 is 9.52 Å².